The minimum absolute atomic E-state index is 0.116. The molecule has 1 N–H and O–H groups in total. The molecule has 31 heavy (non-hydrogen) atoms. The number of anilines is 1. The van der Waals surface area contributed by atoms with E-state index in [0.29, 0.717) is 30.2 Å². The van der Waals surface area contributed by atoms with Crippen molar-refractivity contribution in [2.75, 3.05) is 59.0 Å². The van der Waals surface area contributed by atoms with E-state index in [9.17, 15) is 4.79 Å². The van der Waals surface area contributed by atoms with E-state index in [1.165, 1.54) is 5.69 Å². The third kappa shape index (κ3) is 6.11. The first kappa shape index (κ1) is 22.4. The molecule has 2 aromatic carbocycles. The predicted octanol–water partition coefficient (Wildman–Crippen LogP) is 2.37. The molecule has 1 aliphatic heterocycles. The van der Waals surface area contributed by atoms with Gasteiger partial charge in [-0.3, -0.25) is 9.69 Å². The standard InChI is InChI=1S/C23H30N4O4/c1-29-20-15-18(16-21(30-2)23(20)31-3)17-24-25-22(28)9-10-26-11-13-27(14-12-26)19-7-5-4-6-8-19/h4-8,15-17H,9-14H2,1-3H3,(H,25,28)/b24-17-. The van der Waals surface area contributed by atoms with Crippen molar-refractivity contribution in [1.29, 1.82) is 0 Å². The van der Waals surface area contributed by atoms with Crippen LogP contribution >= 0.6 is 0 Å². The zero-order chi connectivity index (χ0) is 22.1. The average Bonchev–Trinajstić information content (AvgIpc) is 2.83. The molecule has 0 atom stereocenters. The second-order valence-corrected chi connectivity index (χ2v) is 7.17. The lowest BCUT2D eigenvalue weighted by atomic mass is 10.2. The molecule has 0 spiro atoms. The number of carbonyl (C=O) groups is 1. The van der Waals surface area contributed by atoms with Crippen molar-refractivity contribution in [2.45, 2.75) is 6.42 Å². The molecular formula is C23H30N4O4. The van der Waals surface area contributed by atoms with Crippen molar-refractivity contribution in [1.82, 2.24) is 10.3 Å². The maximum Gasteiger partial charge on any atom is 0.241 e. The number of nitrogens with one attached hydrogen (secondary N) is 1. The molecule has 1 amide bonds. The van der Waals surface area contributed by atoms with Crippen LogP contribution in [-0.4, -0.2) is 71.1 Å². The number of para-hydroxylation sites is 1. The van der Waals surface area contributed by atoms with Gasteiger partial charge in [0.05, 0.1) is 27.5 Å². The highest BCUT2D eigenvalue weighted by molar-refractivity contribution is 5.84. The molecule has 8 heteroatoms. The van der Waals surface area contributed by atoms with Crippen molar-refractivity contribution in [2.24, 2.45) is 5.10 Å². The molecule has 166 valence electrons. The van der Waals surface area contributed by atoms with Crippen molar-refractivity contribution in [3.8, 4) is 17.2 Å². The normalized spacial score (nSPS) is 14.5. The molecule has 1 heterocycles. The molecule has 3 rings (SSSR count). The molecule has 0 radical (unpaired) electrons. The summed E-state index contributed by atoms with van der Waals surface area (Å²) < 4.78 is 16.0. The van der Waals surface area contributed by atoms with E-state index in [1.54, 1.807) is 39.7 Å². The van der Waals surface area contributed by atoms with Crippen LogP contribution in [0.4, 0.5) is 5.69 Å². The Morgan fingerprint density at radius 2 is 1.65 bits per heavy atom. The number of ether oxygens (including phenoxy) is 3. The van der Waals surface area contributed by atoms with Gasteiger partial charge in [0, 0.05) is 50.4 Å². The summed E-state index contributed by atoms with van der Waals surface area (Å²) in [5.74, 6) is 1.46. The van der Waals surface area contributed by atoms with Gasteiger partial charge in [0.15, 0.2) is 11.5 Å². The lowest BCUT2D eigenvalue weighted by molar-refractivity contribution is -0.121. The molecule has 0 bridgehead atoms. The molecule has 0 aromatic heterocycles. The fraction of sp³-hybridized carbons (Fsp3) is 0.391. The van der Waals surface area contributed by atoms with Gasteiger partial charge in [-0.25, -0.2) is 5.43 Å². The van der Waals surface area contributed by atoms with Crippen LogP contribution in [0.15, 0.2) is 47.6 Å². The van der Waals surface area contributed by atoms with Crippen LogP contribution in [0, 0.1) is 0 Å². The summed E-state index contributed by atoms with van der Waals surface area (Å²) in [5, 5.41) is 4.06. The number of piperazine rings is 1. The van der Waals surface area contributed by atoms with Gasteiger partial charge in [-0.05, 0) is 24.3 Å². The van der Waals surface area contributed by atoms with Gasteiger partial charge in [-0.1, -0.05) is 18.2 Å². The second kappa shape index (κ2) is 11.2. The summed E-state index contributed by atoms with van der Waals surface area (Å²) in [6.45, 7) is 4.53. The van der Waals surface area contributed by atoms with Gasteiger partial charge in [0.1, 0.15) is 0 Å². The SMILES string of the molecule is COc1cc(/C=N\NC(=O)CCN2CCN(c3ccccc3)CC2)cc(OC)c1OC. The van der Waals surface area contributed by atoms with Crippen molar-refractivity contribution >= 4 is 17.8 Å². The Morgan fingerprint density at radius 3 is 2.23 bits per heavy atom. The molecule has 1 fully saturated rings. The molecule has 1 aliphatic rings. The van der Waals surface area contributed by atoms with Crippen LogP contribution in [0.25, 0.3) is 0 Å². The van der Waals surface area contributed by atoms with Crippen LogP contribution in [0.2, 0.25) is 0 Å². The van der Waals surface area contributed by atoms with E-state index in [2.05, 4.69) is 44.6 Å². The minimum atomic E-state index is -0.116. The quantitative estimate of drug-likeness (QED) is 0.490. The largest absolute Gasteiger partial charge is 0.493 e. The minimum Gasteiger partial charge on any atom is -0.493 e. The van der Waals surface area contributed by atoms with Gasteiger partial charge in [-0.15, -0.1) is 0 Å². The number of carbonyl (C=O) groups excluding carboxylic acids is 1. The van der Waals surface area contributed by atoms with Gasteiger partial charge in [-0.2, -0.15) is 5.10 Å². The molecular weight excluding hydrogens is 396 g/mol. The first-order valence-corrected chi connectivity index (χ1v) is 10.3. The van der Waals surface area contributed by atoms with Crippen molar-refractivity contribution < 1.29 is 19.0 Å². The Kier molecular flexibility index (Phi) is 8.12. The van der Waals surface area contributed by atoms with Gasteiger partial charge in [0.2, 0.25) is 11.7 Å². The monoisotopic (exact) mass is 426 g/mol. The fourth-order valence-electron chi connectivity index (χ4n) is 3.54. The Bertz CT molecular complexity index is 855. The Balaban J connectivity index is 1.44. The van der Waals surface area contributed by atoms with E-state index in [0.717, 1.165) is 31.7 Å². The third-order valence-electron chi connectivity index (χ3n) is 5.24. The van der Waals surface area contributed by atoms with E-state index in [4.69, 9.17) is 14.2 Å². The number of amides is 1. The smallest absolute Gasteiger partial charge is 0.241 e. The number of hydrazone groups is 1. The van der Waals surface area contributed by atoms with E-state index >= 15 is 0 Å². The lowest BCUT2D eigenvalue weighted by Gasteiger charge is -2.36. The third-order valence-corrected chi connectivity index (χ3v) is 5.24. The highest BCUT2D eigenvalue weighted by atomic mass is 16.5. The first-order chi connectivity index (χ1) is 15.1. The van der Waals surface area contributed by atoms with Crippen molar-refractivity contribution in [3.05, 3.63) is 48.0 Å². The summed E-state index contributed by atoms with van der Waals surface area (Å²) in [6, 6.07) is 14.0. The summed E-state index contributed by atoms with van der Waals surface area (Å²) in [4.78, 5) is 16.9. The number of methoxy groups -OCH3 is 3. The zero-order valence-electron chi connectivity index (χ0n) is 18.3. The van der Waals surface area contributed by atoms with Crippen LogP contribution in [0.1, 0.15) is 12.0 Å². The van der Waals surface area contributed by atoms with Gasteiger partial charge < -0.3 is 19.1 Å². The number of nitrogens with zero attached hydrogens (tertiary/aromatic N) is 3. The molecule has 0 aliphatic carbocycles. The number of hydrogen-bond acceptors (Lipinski definition) is 7. The van der Waals surface area contributed by atoms with Crippen molar-refractivity contribution in [3.63, 3.8) is 0 Å². The molecule has 2 aromatic rings. The van der Waals surface area contributed by atoms with Crippen LogP contribution in [-0.2, 0) is 4.79 Å². The van der Waals surface area contributed by atoms with E-state index in [-0.39, 0.29) is 5.91 Å². The van der Waals surface area contributed by atoms with Gasteiger partial charge in [0.25, 0.3) is 0 Å². The predicted molar refractivity (Wildman–Crippen MR) is 122 cm³/mol. The maximum atomic E-state index is 12.2. The summed E-state index contributed by atoms with van der Waals surface area (Å²) in [5.41, 5.74) is 4.57. The maximum absolute atomic E-state index is 12.2. The highest BCUT2D eigenvalue weighted by Crippen LogP contribution is 2.37. The van der Waals surface area contributed by atoms with Gasteiger partial charge >= 0.3 is 0 Å². The van der Waals surface area contributed by atoms with Crippen LogP contribution in [0.5, 0.6) is 17.2 Å². The number of benzene rings is 2. The Morgan fingerprint density at radius 1 is 1.00 bits per heavy atom. The molecule has 8 nitrogen and oxygen atoms in total. The zero-order valence-corrected chi connectivity index (χ0v) is 18.3. The Hall–Kier alpha value is -3.26. The van der Waals surface area contributed by atoms with E-state index in [1.807, 2.05) is 6.07 Å². The summed E-state index contributed by atoms with van der Waals surface area (Å²) >= 11 is 0. The van der Waals surface area contributed by atoms with E-state index < -0.39 is 0 Å². The number of rotatable bonds is 9. The Labute approximate surface area is 183 Å². The first-order valence-electron chi connectivity index (χ1n) is 10.3. The molecule has 0 saturated carbocycles. The lowest BCUT2D eigenvalue weighted by Crippen LogP contribution is -2.47. The average molecular weight is 427 g/mol. The topological polar surface area (TPSA) is 75.6 Å². The van der Waals surface area contributed by atoms with Crippen LogP contribution < -0.4 is 24.5 Å². The number of hydrogen-bond donors (Lipinski definition) is 1. The molecule has 1 saturated heterocycles. The highest BCUT2D eigenvalue weighted by Gasteiger charge is 2.17. The summed E-state index contributed by atoms with van der Waals surface area (Å²) in [6.07, 6.45) is 1.96. The fourth-order valence-corrected chi connectivity index (χ4v) is 3.54. The molecule has 0 unspecified atom stereocenters. The second-order valence-electron chi connectivity index (χ2n) is 7.17. The van der Waals surface area contributed by atoms with Crippen LogP contribution in [0.3, 0.4) is 0 Å². The summed E-state index contributed by atoms with van der Waals surface area (Å²) in [7, 11) is 4.66.